The molecule has 1 aromatic carbocycles. The summed E-state index contributed by atoms with van der Waals surface area (Å²) in [5.41, 5.74) is 1.35. The molecule has 0 aliphatic carbocycles. The van der Waals surface area contributed by atoms with Gasteiger partial charge in [0, 0.05) is 5.56 Å². The lowest BCUT2D eigenvalue weighted by Gasteiger charge is -2.20. The molecule has 5 heteroatoms. The largest absolute Gasteiger partial charge is 0.478 e. The van der Waals surface area contributed by atoms with Gasteiger partial charge in [-0.05, 0) is 38.5 Å². The fraction of sp³-hybridized carbons (Fsp3) is 0.385. The molecule has 1 aliphatic rings. The quantitative estimate of drug-likeness (QED) is 0.833. The highest BCUT2D eigenvalue weighted by molar-refractivity contribution is 6.06. The first-order chi connectivity index (χ1) is 8.33. The molecule has 0 saturated heterocycles. The Morgan fingerprint density at radius 3 is 2.56 bits per heavy atom. The third kappa shape index (κ3) is 1.97. The lowest BCUT2D eigenvalue weighted by Crippen LogP contribution is -2.38. The maximum absolute atomic E-state index is 10.8. The smallest absolute Gasteiger partial charge is 0.335 e. The number of carboxylic acids is 1. The Labute approximate surface area is 105 Å². The molecule has 1 aromatic rings. The molecule has 5 nitrogen and oxygen atoms in total. The van der Waals surface area contributed by atoms with Gasteiger partial charge in [0.2, 0.25) is 0 Å². The molecule has 1 unspecified atom stereocenters. The molecule has 1 heterocycles. The summed E-state index contributed by atoms with van der Waals surface area (Å²) in [6, 6.07) is 4.69. The maximum Gasteiger partial charge on any atom is 0.335 e. The topological polar surface area (TPSA) is 79.1 Å². The van der Waals surface area contributed by atoms with Crippen molar-refractivity contribution in [2.45, 2.75) is 32.5 Å². The molecule has 2 rings (SSSR count). The van der Waals surface area contributed by atoms with Crippen molar-refractivity contribution in [3.63, 3.8) is 0 Å². The van der Waals surface area contributed by atoms with Crippen molar-refractivity contribution in [1.29, 1.82) is 0 Å². The summed E-state index contributed by atoms with van der Waals surface area (Å²) in [5, 5.41) is 22.9. The van der Waals surface area contributed by atoms with Gasteiger partial charge in [-0.15, -0.1) is 0 Å². The summed E-state index contributed by atoms with van der Waals surface area (Å²) in [6.07, 6.45) is -0.827. The van der Waals surface area contributed by atoms with E-state index in [9.17, 15) is 9.90 Å². The monoisotopic (exact) mass is 249 g/mol. The first-order valence-electron chi connectivity index (χ1n) is 5.61. The lowest BCUT2D eigenvalue weighted by atomic mass is 9.91. The van der Waals surface area contributed by atoms with Crippen molar-refractivity contribution in [3.05, 3.63) is 34.9 Å². The number of aliphatic hydroxyl groups excluding tert-OH is 1. The minimum absolute atomic E-state index is 0.213. The number of aryl methyl sites for hydroxylation is 1. The zero-order valence-electron chi connectivity index (χ0n) is 10.5. The number of aromatic carboxylic acids is 1. The molecule has 0 amide bonds. The van der Waals surface area contributed by atoms with E-state index in [4.69, 9.17) is 9.94 Å². The average Bonchev–Trinajstić information content (AvgIpc) is 2.55. The highest BCUT2D eigenvalue weighted by atomic mass is 16.7. The van der Waals surface area contributed by atoms with Gasteiger partial charge in [0.05, 0.1) is 5.56 Å². The third-order valence-corrected chi connectivity index (χ3v) is 3.05. The van der Waals surface area contributed by atoms with Crippen molar-refractivity contribution < 1.29 is 19.8 Å². The Hall–Kier alpha value is -1.88. The minimum atomic E-state index is -0.977. The van der Waals surface area contributed by atoms with Crippen LogP contribution in [0.15, 0.2) is 23.4 Å². The molecular weight excluding hydrogens is 234 g/mol. The number of carboxylic acid groups (broad SMARTS) is 1. The van der Waals surface area contributed by atoms with Crippen LogP contribution in [0.1, 0.15) is 35.3 Å². The Balaban J connectivity index is 2.39. The highest BCUT2D eigenvalue weighted by Gasteiger charge is 2.40. The van der Waals surface area contributed by atoms with Crippen LogP contribution in [0.25, 0.3) is 0 Å². The Morgan fingerprint density at radius 2 is 2.11 bits per heavy atom. The zero-order chi connectivity index (χ0) is 13.5. The van der Waals surface area contributed by atoms with Crippen LogP contribution < -0.4 is 0 Å². The van der Waals surface area contributed by atoms with Gasteiger partial charge in [0.1, 0.15) is 11.8 Å². The second kappa shape index (κ2) is 4.10. The number of nitrogens with zero attached hydrogens (tertiary/aromatic N) is 1. The van der Waals surface area contributed by atoms with Gasteiger partial charge < -0.3 is 15.1 Å². The number of hydrogen-bond acceptors (Lipinski definition) is 4. The van der Waals surface area contributed by atoms with E-state index in [1.165, 1.54) is 6.07 Å². The van der Waals surface area contributed by atoms with Crippen molar-refractivity contribution in [3.8, 4) is 0 Å². The van der Waals surface area contributed by atoms with Crippen LogP contribution in [0.2, 0.25) is 0 Å². The first-order valence-corrected chi connectivity index (χ1v) is 5.61. The Kier molecular flexibility index (Phi) is 2.86. The van der Waals surface area contributed by atoms with Gasteiger partial charge in [0.25, 0.3) is 0 Å². The van der Waals surface area contributed by atoms with Crippen molar-refractivity contribution in [1.82, 2.24) is 0 Å². The molecule has 0 saturated carbocycles. The molecule has 18 heavy (non-hydrogen) atoms. The molecule has 0 radical (unpaired) electrons. The number of carbonyl (C=O) groups is 1. The second-order valence-electron chi connectivity index (χ2n) is 4.91. The number of oxime groups is 1. The Morgan fingerprint density at radius 1 is 1.44 bits per heavy atom. The fourth-order valence-electron chi connectivity index (χ4n) is 1.88. The predicted molar refractivity (Wildman–Crippen MR) is 65.8 cm³/mol. The molecule has 0 bridgehead atoms. The number of rotatable bonds is 2. The van der Waals surface area contributed by atoms with E-state index in [1.54, 1.807) is 32.9 Å². The summed E-state index contributed by atoms with van der Waals surface area (Å²) in [4.78, 5) is 16.0. The number of benzene rings is 1. The lowest BCUT2D eigenvalue weighted by molar-refractivity contribution is -0.0476. The molecule has 2 N–H and O–H groups in total. The summed E-state index contributed by atoms with van der Waals surface area (Å²) in [7, 11) is 0. The molecular formula is C13H15NO4. The van der Waals surface area contributed by atoms with Crippen LogP contribution >= 0.6 is 0 Å². The van der Waals surface area contributed by atoms with E-state index < -0.39 is 17.7 Å². The van der Waals surface area contributed by atoms with E-state index in [2.05, 4.69) is 5.16 Å². The molecule has 0 aromatic heterocycles. The van der Waals surface area contributed by atoms with Crippen LogP contribution in [0.3, 0.4) is 0 Å². The van der Waals surface area contributed by atoms with E-state index >= 15 is 0 Å². The van der Waals surface area contributed by atoms with Gasteiger partial charge >= 0.3 is 5.97 Å². The van der Waals surface area contributed by atoms with Gasteiger partial charge in [-0.1, -0.05) is 11.2 Å². The van der Waals surface area contributed by atoms with Gasteiger partial charge in [-0.2, -0.15) is 0 Å². The second-order valence-corrected chi connectivity index (χ2v) is 4.91. The summed E-state index contributed by atoms with van der Waals surface area (Å²) in [6.45, 7) is 5.27. The van der Waals surface area contributed by atoms with Crippen molar-refractivity contribution in [2.75, 3.05) is 0 Å². The standard InChI is InChI=1S/C13H15NO4/c1-7-6-8(12(16)17)4-5-9(7)10-11(15)13(2,3)18-14-10/h4-6,11,15H,1-3H3,(H,16,17). The molecule has 1 atom stereocenters. The Bertz CT molecular complexity index is 534. The van der Waals surface area contributed by atoms with Gasteiger partial charge in [-0.25, -0.2) is 4.79 Å². The summed E-state index contributed by atoms with van der Waals surface area (Å²) >= 11 is 0. The van der Waals surface area contributed by atoms with Gasteiger partial charge in [0.15, 0.2) is 5.60 Å². The van der Waals surface area contributed by atoms with Gasteiger partial charge in [-0.3, -0.25) is 0 Å². The van der Waals surface area contributed by atoms with E-state index in [1.807, 2.05) is 0 Å². The zero-order valence-corrected chi connectivity index (χ0v) is 10.5. The molecule has 1 aliphatic heterocycles. The van der Waals surface area contributed by atoms with Crippen LogP contribution in [-0.2, 0) is 4.84 Å². The predicted octanol–water partition coefficient (Wildman–Crippen LogP) is 1.57. The molecule has 0 fully saturated rings. The van der Waals surface area contributed by atoms with Crippen molar-refractivity contribution >= 4 is 11.7 Å². The van der Waals surface area contributed by atoms with Crippen molar-refractivity contribution in [2.24, 2.45) is 5.16 Å². The molecule has 0 spiro atoms. The fourth-order valence-corrected chi connectivity index (χ4v) is 1.88. The average molecular weight is 249 g/mol. The third-order valence-electron chi connectivity index (χ3n) is 3.05. The molecule has 96 valence electrons. The first kappa shape index (κ1) is 12.6. The normalized spacial score (nSPS) is 21.3. The summed E-state index contributed by atoms with van der Waals surface area (Å²) < 4.78 is 0. The minimum Gasteiger partial charge on any atom is -0.478 e. The van der Waals surface area contributed by atoms with E-state index in [0.717, 1.165) is 5.56 Å². The SMILES string of the molecule is Cc1cc(C(=O)O)ccc1C1=NOC(C)(C)C1O. The van der Waals surface area contributed by atoms with E-state index in [-0.39, 0.29) is 5.56 Å². The van der Waals surface area contributed by atoms with E-state index in [0.29, 0.717) is 11.3 Å². The highest BCUT2D eigenvalue weighted by Crippen LogP contribution is 2.27. The summed E-state index contributed by atoms with van der Waals surface area (Å²) in [5.74, 6) is -0.977. The number of aliphatic hydroxyl groups is 1. The number of hydrogen-bond donors (Lipinski definition) is 2. The van der Waals surface area contributed by atoms with Crippen LogP contribution in [0.5, 0.6) is 0 Å². The maximum atomic E-state index is 10.8. The van der Waals surface area contributed by atoms with Crippen LogP contribution in [-0.4, -0.2) is 33.6 Å². The van der Waals surface area contributed by atoms with Crippen LogP contribution in [0, 0.1) is 6.92 Å². The van der Waals surface area contributed by atoms with Crippen LogP contribution in [0.4, 0.5) is 0 Å².